The molecule has 0 N–H and O–H groups in total. The smallest absolute Gasteiger partial charge is 0.255 e. The van der Waals surface area contributed by atoms with Crippen LogP contribution in [0, 0.1) is 6.92 Å². The van der Waals surface area contributed by atoms with Crippen molar-refractivity contribution in [2.75, 3.05) is 13.2 Å². The Morgan fingerprint density at radius 2 is 2.08 bits per heavy atom. The van der Waals surface area contributed by atoms with Gasteiger partial charge < -0.3 is 9.64 Å². The van der Waals surface area contributed by atoms with Gasteiger partial charge >= 0.3 is 0 Å². The third-order valence-corrected chi connectivity index (χ3v) is 5.08. The monoisotopic (exact) mass is 328 g/mol. The molecule has 2 aromatic heterocycles. The molecule has 0 radical (unpaired) electrons. The molecule has 2 fully saturated rings. The van der Waals surface area contributed by atoms with Gasteiger partial charge in [-0.15, -0.1) is 0 Å². The topological polar surface area (TPSA) is 60.2 Å². The van der Waals surface area contributed by atoms with Crippen LogP contribution in [0.5, 0.6) is 0 Å². The molecule has 1 aliphatic carbocycles. The van der Waals surface area contributed by atoms with E-state index >= 15 is 0 Å². The molecule has 2 aromatic rings. The van der Waals surface area contributed by atoms with Gasteiger partial charge in [0.15, 0.2) is 5.65 Å². The van der Waals surface area contributed by atoms with Crippen molar-refractivity contribution < 1.29 is 9.53 Å². The van der Waals surface area contributed by atoms with E-state index in [1.807, 2.05) is 38.8 Å². The SMILES string of the molecule is Cc1nn(C)c2nc(C3CC3)cc(C(=O)N3CC(C)OCC3C)c12. The Balaban J connectivity index is 1.83. The van der Waals surface area contributed by atoms with Crippen molar-refractivity contribution in [2.45, 2.75) is 51.7 Å². The lowest BCUT2D eigenvalue weighted by Crippen LogP contribution is -2.50. The van der Waals surface area contributed by atoms with Crippen LogP contribution >= 0.6 is 0 Å². The van der Waals surface area contributed by atoms with Gasteiger partial charge in [-0.25, -0.2) is 4.98 Å². The molecule has 0 aromatic carbocycles. The molecule has 6 nitrogen and oxygen atoms in total. The molecule has 1 amide bonds. The van der Waals surface area contributed by atoms with Gasteiger partial charge in [0.1, 0.15) is 0 Å². The van der Waals surface area contributed by atoms with Gasteiger partial charge in [0.2, 0.25) is 0 Å². The van der Waals surface area contributed by atoms with Crippen molar-refractivity contribution >= 4 is 16.9 Å². The van der Waals surface area contributed by atoms with Crippen LogP contribution < -0.4 is 0 Å². The number of fused-ring (bicyclic) bond motifs is 1. The van der Waals surface area contributed by atoms with Crippen LogP contribution in [-0.2, 0) is 11.8 Å². The fraction of sp³-hybridized carbons (Fsp3) is 0.611. The fourth-order valence-corrected chi connectivity index (χ4v) is 3.56. The maximum atomic E-state index is 13.3. The quantitative estimate of drug-likeness (QED) is 0.849. The highest BCUT2D eigenvalue weighted by Gasteiger charge is 2.33. The van der Waals surface area contributed by atoms with E-state index in [2.05, 4.69) is 5.10 Å². The summed E-state index contributed by atoms with van der Waals surface area (Å²) in [6, 6.07) is 2.09. The standard InChI is InChI=1S/C18H24N4O2/c1-10-9-24-11(2)8-22(10)18(23)14-7-15(13-5-6-13)19-17-16(14)12(3)20-21(17)4/h7,10-11,13H,5-6,8-9H2,1-4H3. The Kier molecular flexibility index (Phi) is 3.60. The number of aryl methyl sites for hydroxylation is 2. The van der Waals surface area contributed by atoms with Gasteiger partial charge in [-0.1, -0.05) is 0 Å². The maximum Gasteiger partial charge on any atom is 0.255 e. The third-order valence-electron chi connectivity index (χ3n) is 5.08. The highest BCUT2D eigenvalue weighted by molar-refractivity contribution is 6.06. The van der Waals surface area contributed by atoms with E-state index in [0.717, 1.165) is 40.8 Å². The molecule has 1 aliphatic heterocycles. The summed E-state index contributed by atoms with van der Waals surface area (Å²) in [5, 5.41) is 5.38. The number of carbonyl (C=O) groups is 1. The number of pyridine rings is 1. The fourth-order valence-electron chi connectivity index (χ4n) is 3.56. The minimum absolute atomic E-state index is 0.0698. The second kappa shape index (κ2) is 5.55. The number of aromatic nitrogens is 3. The molecule has 2 unspecified atom stereocenters. The second-order valence-electron chi connectivity index (χ2n) is 7.23. The van der Waals surface area contributed by atoms with Crippen molar-refractivity contribution in [3.63, 3.8) is 0 Å². The summed E-state index contributed by atoms with van der Waals surface area (Å²) < 4.78 is 7.46. The lowest BCUT2D eigenvalue weighted by atomic mass is 10.0. The summed E-state index contributed by atoms with van der Waals surface area (Å²) in [5.41, 5.74) is 3.45. The van der Waals surface area contributed by atoms with Crippen molar-refractivity contribution in [2.24, 2.45) is 7.05 Å². The first kappa shape index (κ1) is 15.6. The Labute approximate surface area is 141 Å². The summed E-state index contributed by atoms with van der Waals surface area (Å²) in [5.74, 6) is 0.570. The normalized spacial score (nSPS) is 24.6. The number of ether oxygens (including phenoxy) is 1. The average Bonchev–Trinajstić information content (AvgIpc) is 3.36. The molecular formula is C18H24N4O2. The summed E-state index contributed by atoms with van der Waals surface area (Å²) in [4.78, 5) is 20.1. The van der Waals surface area contributed by atoms with Crippen LogP contribution in [0.15, 0.2) is 6.07 Å². The number of hydrogen-bond donors (Lipinski definition) is 0. The highest BCUT2D eigenvalue weighted by atomic mass is 16.5. The molecule has 0 bridgehead atoms. The third kappa shape index (κ3) is 2.49. The van der Waals surface area contributed by atoms with Crippen LogP contribution in [0.4, 0.5) is 0 Å². The van der Waals surface area contributed by atoms with Crippen molar-refractivity contribution in [3.05, 3.63) is 23.0 Å². The van der Waals surface area contributed by atoms with Gasteiger partial charge in [-0.05, 0) is 39.7 Å². The van der Waals surface area contributed by atoms with Crippen molar-refractivity contribution in [3.8, 4) is 0 Å². The molecule has 6 heteroatoms. The van der Waals surface area contributed by atoms with Crippen LogP contribution in [0.3, 0.4) is 0 Å². The van der Waals surface area contributed by atoms with E-state index in [9.17, 15) is 4.79 Å². The zero-order valence-electron chi connectivity index (χ0n) is 14.7. The number of morpholine rings is 1. The second-order valence-corrected chi connectivity index (χ2v) is 7.23. The van der Waals surface area contributed by atoms with Crippen molar-refractivity contribution in [1.29, 1.82) is 0 Å². The number of amides is 1. The summed E-state index contributed by atoms with van der Waals surface area (Å²) >= 11 is 0. The maximum absolute atomic E-state index is 13.3. The summed E-state index contributed by atoms with van der Waals surface area (Å²) in [7, 11) is 1.90. The predicted molar refractivity (Wildman–Crippen MR) is 91.1 cm³/mol. The van der Waals surface area contributed by atoms with Gasteiger partial charge in [0.25, 0.3) is 5.91 Å². The Bertz CT molecular complexity index is 809. The molecule has 4 rings (SSSR count). The van der Waals surface area contributed by atoms with Gasteiger partial charge in [0, 0.05) is 25.2 Å². The Morgan fingerprint density at radius 1 is 1.33 bits per heavy atom. The van der Waals surface area contributed by atoms with Crippen LogP contribution in [-0.4, -0.2) is 50.9 Å². The number of hydrogen-bond acceptors (Lipinski definition) is 4. The largest absolute Gasteiger partial charge is 0.375 e. The summed E-state index contributed by atoms with van der Waals surface area (Å²) in [6.45, 7) is 7.22. The van der Waals surface area contributed by atoms with Crippen LogP contribution in [0.25, 0.3) is 11.0 Å². The van der Waals surface area contributed by atoms with E-state index in [4.69, 9.17) is 9.72 Å². The minimum atomic E-state index is 0.0698. The molecule has 2 atom stereocenters. The van der Waals surface area contributed by atoms with E-state index in [-0.39, 0.29) is 18.1 Å². The van der Waals surface area contributed by atoms with E-state index < -0.39 is 0 Å². The van der Waals surface area contributed by atoms with E-state index in [0.29, 0.717) is 19.1 Å². The Hall–Kier alpha value is -1.95. The Morgan fingerprint density at radius 3 is 2.79 bits per heavy atom. The average molecular weight is 328 g/mol. The number of nitrogens with zero attached hydrogens (tertiary/aromatic N) is 4. The molecular weight excluding hydrogens is 304 g/mol. The zero-order chi connectivity index (χ0) is 17.0. The van der Waals surface area contributed by atoms with Gasteiger partial charge in [-0.3, -0.25) is 9.48 Å². The van der Waals surface area contributed by atoms with Gasteiger partial charge in [0.05, 0.1) is 35.4 Å². The first-order valence-electron chi connectivity index (χ1n) is 8.72. The number of carbonyl (C=O) groups excluding carboxylic acids is 1. The van der Waals surface area contributed by atoms with Crippen LogP contribution in [0.2, 0.25) is 0 Å². The molecule has 24 heavy (non-hydrogen) atoms. The summed E-state index contributed by atoms with van der Waals surface area (Å²) in [6.07, 6.45) is 2.39. The van der Waals surface area contributed by atoms with Gasteiger partial charge in [-0.2, -0.15) is 5.10 Å². The van der Waals surface area contributed by atoms with E-state index in [1.165, 1.54) is 0 Å². The number of rotatable bonds is 2. The zero-order valence-corrected chi connectivity index (χ0v) is 14.7. The predicted octanol–water partition coefficient (Wildman–Crippen LogP) is 2.40. The van der Waals surface area contributed by atoms with E-state index in [1.54, 1.807) is 4.68 Å². The molecule has 3 heterocycles. The molecule has 1 saturated heterocycles. The van der Waals surface area contributed by atoms with Crippen LogP contribution in [0.1, 0.15) is 54.4 Å². The highest BCUT2D eigenvalue weighted by Crippen LogP contribution is 2.40. The minimum Gasteiger partial charge on any atom is -0.375 e. The molecule has 1 saturated carbocycles. The first-order chi connectivity index (χ1) is 11.5. The molecule has 2 aliphatic rings. The van der Waals surface area contributed by atoms with Crippen molar-refractivity contribution in [1.82, 2.24) is 19.7 Å². The molecule has 128 valence electrons. The molecule has 0 spiro atoms. The lowest BCUT2D eigenvalue weighted by Gasteiger charge is -2.37. The lowest BCUT2D eigenvalue weighted by molar-refractivity contribution is -0.0386. The first-order valence-corrected chi connectivity index (χ1v) is 8.72.